The predicted octanol–water partition coefficient (Wildman–Crippen LogP) is 5.05. The van der Waals surface area contributed by atoms with Crippen LogP contribution in [0.1, 0.15) is 31.9 Å². The van der Waals surface area contributed by atoms with Crippen LogP contribution in [-0.4, -0.2) is 27.2 Å². The summed E-state index contributed by atoms with van der Waals surface area (Å²) in [5.41, 5.74) is 9.35. The second-order valence-corrected chi connectivity index (χ2v) is 8.33. The van der Waals surface area contributed by atoms with E-state index in [1.54, 1.807) is 17.0 Å². The van der Waals surface area contributed by atoms with Crippen molar-refractivity contribution in [2.24, 2.45) is 5.73 Å². The fourth-order valence-electron chi connectivity index (χ4n) is 3.71. The van der Waals surface area contributed by atoms with E-state index in [2.05, 4.69) is 33.6 Å². The van der Waals surface area contributed by atoms with E-state index in [1.165, 1.54) is 5.57 Å². The number of aromatic nitrogens is 3. The maximum Gasteiger partial charge on any atom is 0.247 e. The molecule has 1 atom stereocenters. The molecule has 3 N–H and O–H groups in total. The van der Waals surface area contributed by atoms with E-state index in [9.17, 15) is 0 Å². The summed E-state index contributed by atoms with van der Waals surface area (Å²) < 4.78 is 19.1. The van der Waals surface area contributed by atoms with Gasteiger partial charge < -0.3 is 25.3 Å². The molecule has 0 bridgehead atoms. The van der Waals surface area contributed by atoms with Crippen molar-refractivity contribution in [1.29, 1.82) is 0 Å². The number of nitrogens with two attached hydrogens (primary N) is 1. The van der Waals surface area contributed by atoms with Crippen molar-refractivity contribution in [3.05, 3.63) is 90.2 Å². The SMILES string of the molecule is CC(N)COc1ccc(Nc2nc3cccc(C4=COC=C(CC5=CC=CCC5)O4)n3n2)cc1. The van der Waals surface area contributed by atoms with Crippen LogP contribution in [0.15, 0.2) is 84.5 Å². The fourth-order valence-corrected chi connectivity index (χ4v) is 3.71. The van der Waals surface area contributed by atoms with E-state index < -0.39 is 0 Å². The van der Waals surface area contributed by atoms with Crippen molar-refractivity contribution in [2.75, 3.05) is 11.9 Å². The Labute approximate surface area is 198 Å². The molecule has 0 amide bonds. The number of ether oxygens (including phenoxy) is 3. The van der Waals surface area contributed by atoms with Crippen molar-refractivity contribution >= 4 is 23.0 Å². The van der Waals surface area contributed by atoms with Crippen LogP contribution in [0.25, 0.3) is 11.4 Å². The molecule has 0 fully saturated rings. The quantitative estimate of drug-likeness (QED) is 0.488. The summed E-state index contributed by atoms with van der Waals surface area (Å²) in [6.45, 7) is 2.37. The van der Waals surface area contributed by atoms with Crippen molar-refractivity contribution in [3.63, 3.8) is 0 Å². The molecule has 3 aromatic rings. The summed E-state index contributed by atoms with van der Waals surface area (Å²) in [6.07, 6.45) is 12.4. The first kappa shape index (κ1) is 21.8. The molecule has 2 aliphatic rings. The van der Waals surface area contributed by atoms with Crippen LogP contribution < -0.4 is 15.8 Å². The zero-order chi connectivity index (χ0) is 23.3. The number of rotatable bonds is 8. The Balaban J connectivity index is 1.30. The zero-order valence-corrected chi connectivity index (χ0v) is 19.0. The molecule has 1 aromatic carbocycles. The maximum absolute atomic E-state index is 6.16. The van der Waals surface area contributed by atoms with Crippen LogP contribution in [0.3, 0.4) is 0 Å². The molecule has 34 heavy (non-hydrogen) atoms. The number of fused-ring (bicyclic) bond motifs is 1. The standard InChI is InChI=1S/C26H27N5O3/c1-18(27)15-33-21-12-10-20(11-13-21)28-26-29-25-9-5-8-23(31(25)30-26)24-17-32-16-22(34-24)14-19-6-3-2-4-7-19/h2-3,5-6,8-13,16-18H,4,7,14-15,27H2,1H3,(H,28,30). The monoisotopic (exact) mass is 457 g/mol. The van der Waals surface area contributed by atoms with Crippen molar-refractivity contribution in [3.8, 4) is 5.75 Å². The number of nitrogens with one attached hydrogen (secondary N) is 1. The summed E-state index contributed by atoms with van der Waals surface area (Å²) in [6, 6.07) is 13.3. The van der Waals surface area contributed by atoms with Gasteiger partial charge in [0.1, 0.15) is 36.3 Å². The summed E-state index contributed by atoms with van der Waals surface area (Å²) in [5.74, 6) is 2.59. The minimum absolute atomic E-state index is 0.0177. The molecular formula is C26H27N5O3. The Morgan fingerprint density at radius 2 is 2.06 bits per heavy atom. The summed E-state index contributed by atoms with van der Waals surface area (Å²) in [4.78, 5) is 4.60. The van der Waals surface area contributed by atoms with E-state index in [0.29, 0.717) is 30.4 Å². The lowest BCUT2D eigenvalue weighted by Crippen LogP contribution is -2.23. The Bertz CT molecular complexity index is 1290. The van der Waals surface area contributed by atoms with Crippen molar-refractivity contribution < 1.29 is 14.2 Å². The summed E-state index contributed by atoms with van der Waals surface area (Å²) >= 11 is 0. The van der Waals surface area contributed by atoms with Gasteiger partial charge >= 0.3 is 0 Å². The molecule has 0 radical (unpaired) electrons. The lowest BCUT2D eigenvalue weighted by molar-refractivity contribution is 0.271. The highest BCUT2D eigenvalue weighted by atomic mass is 16.5. The third-order valence-corrected chi connectivity index (χ3v) is 5.35. The highest BCUT2D eigenvalue weighted by molar-refractivity contribution is 5.63. The molecule has 174 valence electrons. The average molecular weight is 458 g/mol. The average Bonchev–Trinajstić information content (AvgIpc) is 3.27. The van der Waals surface area contributed by atoms with Crippen LogP contribution in [0.4, 0.5) is 11.6 Å². The van der Waals surface area contributed by atoms with Gasteiger partial charge in [0, 0.05) is 18.2 Å². The van der Waals surface area contributed by atoms with E-state index >= 15 is 0 Å². The molecule has 1 aliphatic carbocycles. The van der Waals surface area contributed by atoms with Gasteiger partial charge in [-0.3, -0.25) is 0 Å². The van der Waals surface area contributed by atoms with Gasteiger partial charge in [-0.05, 0) is 56.2 Å². The minimum atomic E-state index is -0.0177. The molecule has 2 aromatic heterocycles. The van der Waals surface area contributed by atoms with Gasteiger partial charge in [-0.15, -0.1) is 5.10 Å². The molecule has 3 heterocycles. The van der Waals surface area contributed by atoms with Crippen LogP contribution in [0, 0.1) is 0 Å². The number of anilines is 2. The van der Waals surface area contributed by atoms with Gasteiger partial charge in [-0.2, -0.15) is 4.98 Å². The third kappa shape index (κ3) is 5.13. The number of allylic oxidation sites excluding steroid dienone is 4. The van der Waals surface area contributed by atoms with Gasteiger partial charge in [0.05, 0.1) is 0 Å². The maximum atomic E-state index is 6.16. The summed E-state index contributed by atoms with van der Waals surface area (Å²) in [5, 5.41) is 7.87. The molecule has 0 spiro atoms. The third-order valence-electron chi connectivity index (χ3n) is 5.35. The molecular weight excluding hydrogens is 430 g/mol. The second-order valence-electron chi connectivity index (χ2n) is 8.33. The Hall–Kier alpha value is -4.04. The van der Waals surface area contributed by atoms with E-state index in [0.717, 1.165) is 35.7 Å². The fraction of sp³-hybridized carbons (Fsp3) is 0.231. The van der Waals surface area contributed by atoms with Gasteiger partial charge in [-0.25, -0.2) is 4.52 Å². The first-order chi connectivity index (χ1) is 16.6. The first-order valence-electron chi connectivity index (χ1n) is 11.3. The molecule has 8 heteroatoms. The molecule has 8 nitrogen and oxygen atoms in total. The van der Waals surface area contributed by atoms with E-state index in [4.69, 9.17) is 19.9 Å². The second kappa shape index (κ2) is 9.84. The molecule has 0 saturated carbocycles. The number of benzene rings is 1. The summed E-state index contributed by atoms with van der Waals surface area (Å²) in [7, 11) is 0. The largest absolute Gasteiger partial charge is 0.492 e. The van der Waals surface area contributed by atoms with E-state index in [1.807, 2.05) is 49.4 Å². The van der Waals surface area contributed by atoms with E-state index in [-0.39, 0.29) is 6.04 Å². The van der Waals surface area contributed by atoms with Gasteiger partial charge in [0.15, 0.2) is 11.4 Å². The highest BCUT2D eigenvalue weighted by Crippen LogP contribution is 2.29. The predicted molar refractivity (Wildman–Crippen MR) is 131 cm³/mol. The Morgan fingerprint density at radius 1 is 1.18 bits per heavy atom. The molecule has 1 unspecified atom stereocenters. The zero-order valence-electron chi connectivity index (χ0n) is 19.0. The molecule has 5 rings (SSSR count). The number of hydrogen-bond donors (Lipinski definition) is 2. The first-order valence-corrected chi connectivity index (χ1v) is 11.3. The van der Waals surface area contributed by atoms with Crippen LogP contribution in [-0.2, 0) is 9.47 Å². The smallest absolute Gasteiger partial charge is 0.247 e. The van der Waals surface area contributed by atoms with Gasteiger partial charge in [0.25, 0.3) is 0 Å². The topological polar surface area (TPSA) is 95.9 Å². The number of nitrogens with zero attached hydrogens (tertiary/aromatic N) is 3. The van der Waals surface area contributed by atoms with Crippen molar-refractivity contribution in [2.45, 2.75) is 32.2 Å². The van der Waals surface area contributed by atoms with Gasteiger partial charge in [0.2, 0.25) is 5.95 Å². The number of pyridine rings is 1. The van der Waals surface area contributed by atoms with Crippen LogP contribution in [0.5, 0.6) is 5.75 Å². The Morgan fingerprint density at radius 3 is 2.85 bits per heavy atom. The minimum Gasteiger partial charge on any atom is -0.492 e. The van der Waals surface area contributed by atoms with Crippen molar-refractivity contribution in [1.82, 2.24) is 14.6 Å². The molecule has 1 aliphatic heterocycles. The highest BCUT2D eigenvalue weighted by Gasteiger charge is 2.18. The normalized spacial score (nSPS) is 16.1. The lowest BCUT2D eigenvalue weighted by atomic mass is 10.0. The van der Waals surface area contributed by atoms with Crippen LogP contribution in [0.2, 0.25) is 0 Å². The Kier molecular flexibility index (Phi) is 6.31. The number of hydrogen-bond acceptors (Lipinski definition) is 7. The molecule has 0 saturated heterocycles. The lowest BCUT2D eigenvalue weighted by Gasteiger charge is -2.18. The van der Waals surface area contributed by atoms with Crippen LogP contribution >= 0.6 is 0 Å². The van der Waals surface area contributed by atoms with Gasteiger partial charge in [-0.1, -0.05) is 29.9 Å².